The average molecular weight is 140 g/mol. The number of hydrogen-bond acceptors (Lipinski definition) is 2. The fourth-order valence-electron chi connectivity index (χ4n) is 1.05. The van der Waals surface area contributed by atoms with Gasteiger partial charge >= 0.3 is 0 Å². The second-order valence-corrected chi connectivity index (χ2v) is 3.15. The van der Waals surface area contributed by atoms with Gasteiger partial charge in [0.25, 0.3) is 0 Å². The Kier molecular flexibility index (Phi) is 1.90. The highest BCUT2D eigenvalue weighted by molar-refractivity contribution is 5.89. The lowest BCUT2D eigenvalue weighted by Crippen LogP contribution is -2.41. The standard InChI is InChI=1S/C8H12O2/c1-3-7(9)4-8(2)5-10-6-8/h3H,1,4-6H2,2H3. The summed E-state index contributed by atoms with van der Waals surface area (Å²) in [5.74, 6) is 0.116. The van der Waals surface area contributed by atoms with Gasteiger partial charge in [0.15, 0.2) is 5.78 Å². The van der Waals surface area contributed by atoms with Gasteiger partial charge in [0.05, 0.1) is 13.2 Å². The topological polar surface area (TPSA) is 26.3 Å². The zero-order valence-electron chi connectivity index (χ0n) is 6.22. The lowest BCUT2D eigenvalue weighted by atomic mass is 9.83. The van der Waals surface area contributed by atoms with Crippen molar-refractivity contribution >= 4 is 5.78 Å². The predicted octanol–water partition coefficient (Wildman–Crippen LogP) is 1.17. The van der Waals surface area contributed by atoms with Gasteiger partial charge in [0, 0.05) is 11.8 Å². The molecule has 0 unspecified atom stereocenters. The van der Waals surface area contributed by atoms with Gasteiger partial charge in [-0.25, -0.2) is 0 Å². The molecule has 1 fully saturated rings. The Morgan fingerprint density at radius 2 is 2.40 bits per heavy atom. The van der Waals surface area contributed by atoms with Crippen molar-refractivity contribution in [1.82, 2.24) is 0 Å². The molecule has 1 saturated heterocycles. The molecule has 0 radical (unpaired) electrons. The quantitative estimate of drug-likeness (QED) is 0.550. The fraction of sp³-hybridized carbons (Fsp3) is 0.625. The van der Waals surface area contributed by atoms with Gasteiger partial charge in [-0.1, -0.05) is 13.5 Å². The minimum absolute atomic E-state index is 0.102. The smallest absolute Gasteiger partial charge is 0.155 e. The molecule has 0 saturated carbocycles. The molecule has 0 amide bonds. The summed E-state index contributed by atoms with van der Waals surface area (Å²) in [6.07, 6.45) is 1.96. The van der Waals surface area contributed by atoms with Gasteiger partial charge in [-0.15, -0.1) is 0 Å². The zero-order valence-corrected chi connectivity index (χ0v) is 6.22. The van der Waals surface area contributed by atoms with E-state index in [2.05, 4.69) is 13.5 Å². The maximum absolute atomic E-state index is 10.8. The summed E-state index contributed by atoms with van der Waals surface area (Å²) in [5.41, 5.74) is 0.102. The van der Waals surface area contributed by atoms with Crippen LogP contribution in [0.4, 0.5) is 0 Å². The lowest BCUT2D eigenvalue weighted by molar-refractivity contribution is -0.133. The maximum atomic E-state index is 10.8. The number of allylic oxidation sites excluding steroid dienone is 1. The van der Waals surface area contributed by atoms with Crippen LogP contribution in [-0.2, 0) is 9.53 Å². The Balaban J connectivity index is 2.36. The van der Waals surface area contributed by atoms with Crippen molar-refractivity contribution in [2.24, 2.45) is 5.41 Å². The van der Waals surface area contributed by atoms with Crippen LogP contribution in [0.3, 0.4) is 0 Å². The minimum Gasteiger partial charge on any atom is -0.380 e. The van der Waals surface area contributed by atoms with Crippen molar-refractivity contribution in [2.75, 3.05) is 13.2 Å². The Morgan fingerprint density at radius 1 is 1.80 bits per heavy atom. The molecule has 0 N–H and O–H groups in total. The molecule has 1 aliphatic heterocycles. The molecule has 1 aliphatic rings. The van der Waals surface area contributed by atoms with E-state index in [0.717, 1.165) is 0 Å². The highest BCUT2D eigenvalue weighted by Crippen LogP contribution is 2.30. The van der Waals surface area contributed by atoms with Crippen molar-refractivity contribution in [3.63, 3.8) is 0 Å². The van der Waals surface area contributed by atoms with Gasteiger partial charge in [-0.05, 0) is 6.08 Å². The molecule has 2 heteroatoms. The summed E-state index contributed by atoms with van der Waals surface area (Å²) in [6.45, 7) is 6.90. The number of ketones is 1. The first kappa shape index (κ1) is 7.48. The number of carbonyl (C=O) groups excluding carboxylic acids is 1. The molecule has 0 aromatic carbocycles. The van der Waals surface area contributed by atoms with Crippen molar-refractivity contribution in [2.45, 2.75) is 13.3 Å². The molecule has 0 aromatic rings. The molecular weight excluding hydrogens is 128 g/mol. The van der Waals surface area contributed by atoms with Crippen LogP contribution in [-0.4, -0.2) is 19.0 Å². The molecule has 0 spiro atoms. The van der Waals surface area contributed by atoms with Crippen molar-refractivity contribution in [3.8, 4) is 0 Å². The number of rotatable bonds is 3. The van der Waals surface area contributed by atoms with Crippen molar-refractivity contribution in [1.29, 1.82) is 0 Å². The number of ether oxygens (including phenoxy) is 1. The second kappa shape index (κ2) is 2.54. The third-order valence-electron chi connectivity index (χ3n) is 1.73. The predicted molar refractivity (Wildman–Crippen MR) is 38.7 cm³/mol. The van der Waals surface area contributed by atoms with Gasteiger partial charge in [0.1, 0.15) is 0 Å². The Labute approximate surface area is 60.9 Å². The fourth-order valence-corrected chi connectivity index (χ4v) is 1.05. The third-order valence-corrected chi connectivity index (χ3v) is 1.73. The van der Waals surface area contributed by atoms with Crippen LogP contribution in [0.2, 0.25) is 0 Å². The van der Waals surface area contributed by atoms with Gasteiger partial charge in [0.2, 0.25) is 0 Å². The van der Waals surface area contributed by atoms with E-state index in [-0.39, 0.29) is 11.2 Å². The minimum atomic E-state index is 0.102. The van der Waals surface area contributed by atoms with Crippen LogP contribution in [0.15, 0.2) is 12.7 Å². The monoisotopic (exact) mass is 140 g/mol. The summed E-state index contributed by atoms with van der Waals surface area (Å²) < 4.78 is 5.00. The highest BCUT2D eigenvalue weighted by atomic mass is 16.5. The van der Waals surface area contributed by atoms with Crippen LogP contribution in [0, 0.1) is 5.41 Å². The van der Waals surface area contributed by atoms with Gasteiger partial charge < -0.3 is 4.74 Å². The Bertz CT molecular complexity index is 157. The molecule has 0 aliphatic carbocycles. The van der Waals surface area contributed by atoms with Crippen molar-refractivity contribution in [3.05, 3.63) is 12.7 Å². The molecule has 56 valence electrons. The van der Waals surface area contributed by atoms with Crippen LogP contribution in [0.5, 0.6) is 0 Å². The van der Waals surface area contributed by atoms with E-state index in [1.165, 1.54) is 6.08 Å². The van der Waals surface area contributed by atoms with E-state index in [1.54, 1.807) is 0 Å². The highest BCUT2D eigenvalue weighted by Gasteiger charge is 2.34. The SMILES string of the molecule is C=CC(=O)CC1(C)COC1. The molecular formula is C8H12O2. The molecule has 0 bridgehead atoms. The normalized spacial score (nSPS) is 21.3. The van der Waals surface area contributed by atoms with E-state index in [1.807, 2.05) is 0 Å². The van der Waals surface area contributed by atoms with E-state index >= 15 is 0 Å². The first-order valence-electron chi connectivity index (χ1n) is 3.39. The van der Waals surface area contributed by atoms with Crippen molar-refractivity contribution < 1.29 is 9.53 Å². The first-order valence-corrected chi connectivity index (χ1v) is 3.39. The van der Waals surface area contributed by atoms with Crippen LogP contribution >= 0.6 is 0 Å². The van der Waals surface area contributed by atoms with Gasteiger partial charge in [-0.2, -0.15) is 0 Å². The summed E-state index contributed by atoms with van der Waals surface area (Å²) in [4.78, 5) is 10.8. The van der Waals surface area contributed by atoms with E-state index in [9.17, 15) is 4.79 Å². The number of hydrogen-bond donors (Lipinski definition) is 0. The summed E-state index contributed by atoms with van der Waals surface area (Å²) in [5, 5.41) is 0. The zero-order chi connectivity index (χ0) is 7.61. The Hall–Kier alpha value is -0.630. The van der Waals surface area contributed by atoms with Crippen LogP contribution < -0.4 is 0 Å². The van der Waals surface area contributed by atoms with Crippen LogP contribution in [0.25, 0.3) is 0 Å². The summed E-state index contributed by atoms with van der Waals surface area (Å²) >= 11 is 0. The summed E-state index contributed by atoms with van der Waals surface area (Å²) in [7, 11) is 0. The summed E-state index contributed by atoms with van der Waals surface area (Å²) in [6, 6.07) is 0. The number of carbonyl (C=O) groups is 1. The second-order valence-electron chi connectivity index (χ2n) is 3.15. The third kappa shape index (κ3) is 1.45. The lowest BCUT2D eigenvalue weighted by Gasteiger charge is -2.37. The molecule has 1 heterocycles. The largest absolute Gasteiger partial charge is 0.380 e. The maximum Gasteiger partial charge on any atom is 0.155 e. The molecule has 10 heavy (non-hydrogen) atoms. The molecule has 2 nitrogen and oxygen atoms in total. The van der Waals surface area contributed by atoms with E-state index < -0.39 is 0 Å². The van der Waals surface area contributed by atoms with E-state index in [0.29, 0.717) is 19.6 Å². The molecule has 1 rings (SSSR count). The van der Waals surface area contributed by atoms with Crippen LogP contribution in [0.1, 0.15) is 13.3 Å². The molecule has 0 atom stereocenters. The van der Waals surface area contributed by atoms with Gasteiger partial charge in [-0.3, -0.25) is 4.79 Å². The Morgan fingerprint density at radius 3 is 2.70 bits per heavy atom. The van der Waals surface area contributed by atoms with E-state index in [4.69, 9.17) is 4.74 Å². The molecule has 0 aromatic heterocycles. The first-order chi connectivity index (χ1) is 4.66. The average Bonchev–Trinajstić information content (AvgIpc) is 1.84.